The number of allylic oxidation sites excluding steroid dienone is 1. The number of furan rings is 1. The lowest BCUT2D eigenvalue weighted by Crippen LogP contribution is -2.95. The van der Waals surface area contributed by atoms with E-state index in [0.29, 0.717) is 5.56 Å². The van der Waals surface area contributed by atoms with Crippen molar-refractivity contribution < 1.29 is 75.8 Å². The Morgan fingerprint density at radius 1 is 0.947 bits per heavy atom. The third kappa shape index (κ3) is 4.49. The lowest BCUT2D eigenvalue weighted by atomic mass is 9.33. The quantitative estimate of drug-likeness (QED) is 0.184. The molecule has 3 saturated heterocycles. The first-order chi connectivity index (χ1) is 26.8. The van der Waals surface area contributed by atoms with Crippen LogP contribution in [0.3, 0.4) is 0 Å². The number of hydrogen-bond donors (Lipinski definition) is 0. The van der Waals surface area contributed by atoms with Gasteiger partial charge in [-0.1, -0.05) is 26.8 Å². The molecule has 0 radical (unpaired) electrons. The molecule has 4 heterocycles. The summed E-state index contributed by atoms with van der Waals surface area (Å²) in [7, 11) is 1.23. The number of esters is 6. The molecule has 310 valence electrons. The topological polar surface area (TPSA) is 199 Å². The van der Waals surface area contributed by atoms with E-state index >= 15 is 0 Å². The number of hydrogen-bond acceptors (Lipinski definition) is 16. The Morgan fingerprint density at radius 3 is 2.28 bits per heavy atom. The SMILES string of the molecule is C/C=C(\C)C(=O)O[C@H]1[C@@]2(C)C[C@@]34OC5(C)O[C@]6([C@H](CC(=O)OC)[C@](C)([C@@H](OC(C)=O)c7ccoc7)CC[C@]6(O5)[C@@]35COC(=O)C[C@@H]25)[C@H](OC(=O)CC)[C@@]14OC(C)=O. The number of methoxy groups -OCH3 is 1. The third-order valence-corrected chi connectivity index (χ3v) is 14.9. The van der Waals surface area contributed by atoms with Gasteiger partial charge in [-0.3, -0.25) is 24.0 Å². The van der Waals surface area contributed by atoms with Gasteiger partial charge in [0, 0.05) is 61.5 Å². The maximum Gasteiger partial charge on any atom is 0.333 e. The second kappa shape index (κ2) is 12.4. The molecule has 1 aromatic rings. The van der Waals surface area contributed by atoms with Crippen LogP contribution in [0.5, 0.6) is 0 Å². The van der Waals surface area contributed by atoms with Gasteiger partial charge in [-0.15, -0.1) is 0 Å². The van der Waals surface area contributed by atoms with Crippen LogP contribution in [0.2, 0.25) is 0 Å². The fourth-order valence-electron chi connectivity index (χ4n) is 13.2. The van der Waals surface area contributed by atoms with Crippen LogP contribution in [0.15, 0.2) is 34.7 Å². The Labute approximate surface area is 329 Å². The summed E-state index contributed by atoms with van der Waals surface area (Å²) < 4.78 is 64.7. The van der Waals surface area contributed by atoms with Crippen LogP contribution in [0, 0.1) is 28.1 Å². The molecule has 13 atom stereocenters. The second-order valence-corrected chi connectivity index (χ2v) is 17.4. The summed E-state index contributed by atoms with van der Waals surface area (Å²) in [4.78, 5) is 82.5. The maximum atomic E-state index is 14.1. The van der Waals surface area contributed by atoms with Gasteiger partial charge in [0.05, 0.1) is 31.5 Å². The predicted molar refractivity (Wildman–Crippen MR) is 189 cm³/mol. The number of cyclic esters (lactones) is 1. The van der Waals surface area contributed by atoms with E-state index in [0.717, 1.165) is 0 Å². The van der Waals surface area contributed by atoms with E-state index in [-0.39, 0.29) is 44.3 Å². The van der Waals surface area contributed by atoms with Crippen molar-refractivity contribution in [1.29, 1.82) is 0 Å². The molecule has 1 aromatic heterocycles. The smallest absolute Gasteiger partial charge is 0.333 e. The van der Waals surface area contributed by atoms with E-state index in [4.69, 9.17) is 47.0 Å². The lowest BCUT2D eigenvalue weighted by Gasteiger charge is -2.77. The fraction of sp³-hybridized carbons (Fsp3) is 0.707. The van der Waals surface area contributed by atoms with Gasteiger partial charge in [-0.05, 0) is 45.1 Å². The molecule has 0 aromatic carbocycles. The van der Waals surface area contributed by atoms with E-state index < -0.39 is 117 Å². The molecule has 4 aliphatic carbocycles. The minimum Gasteiger partial charge on any atom is -0.472 e. The van der Waals surface area contributed by atoms with Crippen LogP contribution >= 0.6 is 0 Å². The van der Waals surface area contributed by atoms with Crippen LogP contribution in [0.1, 0.15) is 106 Å². The van der Waals surface area contributed by atoms with Gasteiger partial charge < -0.3 is 47.0 Å². The van der Waals surface area contributed by atoms with E-state index in [1.165, 1.54) is 33.5 Å². The Kier molecular flexibility index (Phi) is 8.58. The monoisotopic (exact) mass is 798 g/mol. The van der Waals surface area contributed by atoms with Crippen molar-refractivity contribution in [3.63, 3.8) is 0 Å². The van der Waals surface area contributed by atoms with Crippen molar-refractivity contribution >= 4 is 35.8 Å². The molecule has 1 unspecified atom stereocenters. The largest absolute Gasteiger partial charge is 0.472 e. The summed E-state index contributed by atoms with van der Waals surface area (Å²) in [6.07, 6.45) is -0.130. The van der Waals surface area contributed by atoms with Crippen LogP contribution in [-0.2, 0) is 71.4 Å². The molecule has 7 aliphatic rings. The van der Waals surface area contributed by atoms with Crippen LogP contribution in [0.4, 0.5) is 0 Å². The maximum absolute atomic E-state index is 14.1. The van der Waals surface area contributed by atoms with E-state index in [2.05, 4.69) is 0 Å². The molecule has 0 amide bonds. The van der Waals surface area contributed by atoms with E-state index in [1.807, 2.05) is 13.8 Å². The number of ether oxygens (including phenoxy) is 9. The van der Waals surface area contributed by atoms with Crippen molar-refractivity contribution in [2.45, 2.75) is 141 Å². The van der Waals surface area contributed by atoms with Gasteiger partial charge in [0.15, 0.2) is 12.2 Å². The number of fused-ring (bicyclic) bond motifs is 3. The first-order valence-corrected chi connectivity index (χ1v) is 19.5. The van der Waals surface area contributed by atoms with E-state index in [1.54, 1.807) is 39.8 Å². The van der Waals surface area contributed by atoms with Crippen molar-refractivity contribution in [3.8, 4) is 0 Å². The fourth-order valence-corrected chi connectivity index (χ4v) is 13.2. The molecule has 3 spiro atoms. The average molecular weight is 799 g/mol. The molecule has 7 fully saturated rings. The summed E-state index contributed by atoms with van der Waals surface area (Å²) in [5, 5.41) is 0. The van der Waals surface area contributed by atoms with Gasteiger partial charge >= 0.3 is 35.8 Å². The molecular formula is C41H50O16. The van der Waals surface area contributed by atoms with Gasteiger partial charge in [-0.25, -0.2) is 4.79 Å². The van der Waals surface area contributed by atoms with Crippen molar-refractivity contribution in [2.24, 2.45) is 28.1 Å². The predicted octanol–water partition coefficient (Wildman–Crippen LogP) is 4.32. The summed E-state index contributed by atoms with van der Waals surface area (Å²) in [6.45, 7) is 12.3. The molecule has 4 saturated carbocycles. The third-order valence-electron chi connectivity index (χ3n) is 14.9. The number of rotatable bonds is 10. The normalized spacial score (nSPS) is 44.9. The van der Waals surface area contributed by atoms with E-state index in [9.17, 15) is 28.8 Å². The highest BCUT2D eigenvalue weighted by molar-refractivity contribution is 5.88. The number of carbonyl (C=O) groups is 6. The Bertz CT molecular complexity index is 1970. The minimum absolute atomic E-state index is 0.0474. The molecular weight excluding hydrogens is 748 g/mol. The summed E-state index contributed by atoms with van der Waals surface area (Å²) in [5.74, 6) is -7.97. The van der Waals surface area contributed by atoms with Crippen molar-refractivity contribution in [1.82, 2.24) is 0 Å². The zero-order valence-electron chi connectivity index (χ0n) is 33.7. The molecule has 57 heavy (non-hydrogen) atoms. The minimum atomic E-state index is -2.20. The lowest BCUT2D eigenvalue weighted by molar-refractivity contribution is -0.485. The zero-order chi connectivity index (χ0) is 41.4. The van der Waals surface area contributed by atoms with Gasteiger partial charge in [0.1, 0.15) is 29.5 Å². The highest BCUT2D eigenvalue weighted by atomic mass is 16.9. The average Bonchev–Trinajstić information content (AvgIpc) is 3.86. The van der Waals surface area contributed by atoms with Crippen molar-refractivity contribution in [2.75, 3.05) is 13.7 Å². The van der Waals surface area contributed by atoms with Gasteiger partial charge in [0.2, 0.25) is 5.60 Å². The molecule has 0 N–H and O–H groups in total. The van der Waals surface area contributed by atoms with Crippen molar-refractivity contribution in [3.05, 3.63) is 35.8 Å². The summed E-state index contributed by atoms with van der Waals surface area (Å²) >= 11 is 0. The Balaban J connectivity index is 1.53. The summed E-state index contributed by atoms with van der Waals surface area (Å²) in [6, 6.07) is 1.65. The van der Waals surface area contributed by atoms with Crippen LogP contribution in [0.25, 0.3) is 0 Å². The van der Waals surface area contributed by atoms with Gasteiger partial charge in [0.25, 0.3) is 5.97 Å². The first-order valence-electron chi connectivity index (χ1n) is 19.5. The molecule has 4 bridgehead atoms. The standard InChI is InChI=1S/C41H50O16/c1-10-21(3)31(47)53-32-35(7)19-39-37(20-50-29(46)16-25(35)37)38-14-13-34(6,30(51-22(4)42)24-12-15-49-18-24)26(17-28(45)48-9)40(38,57-36(8,55-38)56-39)33(52-27(44)11-2)41(32,39)54-23(5)43/h10,12,15,18,25-26,30,32-33H,11,13-14,16-17,19-20H2,1-9H3/b21-10+/t25-,26+,30-,32-,33-,34+,35-,36?,37-,38-,39+,40+,41-/m0/s1. The molecule has 8 rings (SSSR count). The second-order valence-electron chi connectivity index (χ2n) is 17.4. The van der Waals surface area contributed by atoms with Crippen LogP contribution < -0.4 is 0 Å². The molecule has 16 heteroatoms. The molecule has 3 aliphatic heterocycles. The summed E-state index contributed by atoms with van der Waals surface area (Å²) in [5.41, 5.74) is -10.8. The Hall–Kier alpha value is -4.28. The van der Waals surface area contributed by atoms with Crippen LogP contribution in [-0.4, -0.2) is 90.1 Å². The Morgan fingerprint density at radius 2 is 1.67 bits per heavy atom. The van der Waals surface area contributed by atoms with Gasteiger partial charge in [-0.2, -0.15) is 0 Å². The highest BCUT2D eigenvalue weighted by Gasteiger charge is 3.06. The number of carbonyl (C=O) groups excluding carboxylic acids is 6. The molecule has 16 nitrogen and oxygen atoms in total. The highest BCUT2D eigenvalue weighted by Crippen LogP contribution is 2.90. The first kappa shape index (κ1) is 39.5. The zero-order valence-corrected chi connectivity index (χ0v) is 33.7.